The summed E-state index contributed by atoms with van der Waals surface area (Å²) in [6, 6.07) is 8.15. The Labute approximate surface area is 356 Å². The molecule has 5 aromatic carbocycles. The molecule has 0 N–H and O–H groups in total. The van der Waals surface area contributed by atoms with Gasteiger partial charge in [-0.25, -0.2) is 0 Å². The van der Waals surface area contributed by atoms with Crippen LogP contribution in [0.2, 0.25) is 0 Å². The zero-order chi connectivity index (χ0) is 49.5. The van der Waals surface area contributed by atoms with Crippen molar-refractivity contribution in [2.24, 2.45) is 0 Å². The van der Waals surface area contributed by atoms with Crippen molar-refractivity contribution < 1.29 is 15.1 Å². The first-order valence-electron chi connectivity index (χ1n) is 25.5. The first-order chi connectivity index (χ1) is 30.8. The van der Waals surface area contributed by atoms with Crippen LogP contribution in [0.5, 0.6) is 0 Å². The summed E-state index contributed by atoms with van der Waals surface area (Å²) in [5.74, 6) is 0. The minimum absolute atomic E-state index is 0.00531. The van der Waals surface area contributed by atoms with Gasteiger partial charge in [0, 0.05) is 43.3 Å². The average Bonchev–Trinajstić information content (AvgIpc) is 3.61. The van der Waals surface area contributed by atoms with Crippen LogP contribution in [0, 0.1) is 0 Å². The maximum absolute atomic E-state index is 10.3. The first kappa shape index (κ1) is 26.6. The molecule has 0 atom stereocenters. The second kappa shape index (κ2) is 12.1. The average molecular weight is 766 g/mol. The minimum Gasteiger partial charge on any atom is -0.311 e. The van der Waals surface area contributed by atoms with Gasteiger partial charge in [0.05, 0.1) is 20.8 Å². The number of rotatable bonds is 2. The summed E-state index contributed by atoms with van der Waals surface area (Å²) in [7, 11) is 0. The molecule has 6 aromatic rings. The Bertz CT molecular complexity index is 3160. The molecule has 2 nitrogen and oxygen atoms in total. The van der Waals surface area contributed by atoms with Crippen LogP contribution < -0.4 is 25.5 Å². The second-order valence-corrected chi connectivity index (χ2v) is 21.6. The zero-order valence-corrected chi connectivity index (χ0v) is 36.0. The van der Waals surface area contributed by atoms with E-state index in [1.165, 1.54) is 22.5 Å². The molecule has 2 aliphatic heterocycles. The van der Waals surface area contributed by atoms with Crippen LogP contribution in [0.1, 0.15) is 146 Å². The van der Waals surface area contributed by atoms with Gasteiger partial charge in [0.2, 0.25) is 0 Å². The molecule has 0 spiro atoms. The molecule has 0 amide bonds. The highest BCUT2D eigenvalue weighted by molar-refractivity contribution is 7.33. The van der Waals surface area contributed by atoms with Gasteiger partial charge in [-0.15, -0.1) is 11.3 Å². The molecular formula is C52H59BN2S. The topological polar surface area (TPSA) is 6.48 Å². The fourth-order valence-electron chi connectivity index (χ4n) is 8.80. The highest BCUT2D eigenvalue weighted by Gasteiger charge is 2.47. The van der Waals surface area contributed by atoms with Crippen molar-refractivity contribution in [3.63, 3.8) is 0 Å². The normalized spacial score (nSPS) is 19.8. The predicted molar refractivity (Wildman–Crippen MR) is 247 cm³/mol. The van der Waals surface area contributed by atoms with Crippen LogP contribution >= 0.6 is 11.3 Å². The largest absolute Gasteiger partial charge is 0.311 e. The molecule has 1 aromatic heterocycles. The van der Waals surface area contributed by atoms with Gasteiger partial charge >= 0.3 is 0 Å². The van der Waals surface area contributed by atoms with Gasteiger partial charge < -0.3 is 9.80 Å². The Hall–Kier alpha value is -4.28. The van der Waals surface area contributed by atoms with Crippen molar-refractivity contribution in [2.45, 2.75) is 130 Å². The van der Waals surface area contributed by atoms with Crippen LogP contribution in [0.4, 0.5) is 34.1 Å². The van der Waals surface area contributed by atoms with E-state index in [-0.39, 0.29) is 94.2 Å². The smallest absolute Gasteiger partial charge is 0.264 e. The lowest BCUT2D eigenvalue weighted by Gasteiger charge is -2.45. The Balaban J connectivity index is 1.55. The summed E-state index contributed by atoms with van der Waals surface area (Å²) in [6.45, 7) is 25.8. The summed E-state index contributed by atoms with van der Waals surface area (Å²) in [5, 5.41) is 0.351. The Morgan fingerprint density at radius 3 is 1.84 bits per heavy atom. The van der Waals surface area contributed by atoms with Crippen LogP contribution in [-0.2, 0) is 27.1 Å². The van der Waals surface area contributed by atoms with Crippen LogP contribution in [0.3, 0.4) is 0 Å². The van der Waals surface area contributed by atoms with E-state index in [1.54, 1.807) is 4.90 Å². The van der Waals surface area contributed by atoms with E-state index in [0.29, 0.717) is 48.4 Å². The van der Waals surface area contributed by atoms with Crippen LogP contribution in [0.15, 0.2) is 96.8 Å². The third-order valence-corrected chi connectivity index (χ3v) is 13.5. The number of hydrogen-bond acceptors (Lipinski definition) is 3. The number of fused-ring (bicyclic) bond motifs is 7. The molecule has 9 rings (SSSR count). The van der Waals surface area contributed by atoms with Crippen molar-refractivity contribution >= 4 is 78.0 Å². The molecule has 0 saturated carbocycles. The third kappa shape index (κ3) is 5.71. The quantitative estimate of drug-likeness (QED) is 0.162. The van der Waals surface area contributed by atoms with E-state index in [0.717, 1.165) is 24.1 Å². The Kier molecular flexibility index (Phi) is 5.76. The minimum atomic E-state index is -0.842. The van der Waals surface area contributed by atoms with E-state index in [2.05, 4.69) is 77.6 Å². The van der Waals surface area contributed by atoms with Gasteiger partial charge in [0.15, 0.2) is 0 Å². The van der Waals surface area contributed by atoms with E-state index in [9.17, 15) is 12.3 Å². The van der Waals surface area contributed by atoms with Gasteiger partial charge in [0.1, 0.15) is 0 Å². The van der Waals surface area contributed by atoms with Crippen LogP contribution in [0.25, 0.3) is 10.1 Å². The SMILES string of the molecule is [2H]c1c([2H])c(C(C)(C)C)c([2H])c([2H])c1N1c2cc(C(C)(C)C)cc3c2B(c2sc4c([2H])c([2H])c([2H])c([2H])c4c2N3c2ccc3c(c2)C(C)(C)CCC3(C)C)c2c([2H])c(C(C)(C)C)c([2H])c([2H])c21. The standard InChI is InChI=1S/C52H59BN2S/c1-48(2,3)32-18-21-35(22-19-32)54-41-25-20-33(49(4,5)6)28-40(41)53-45-42(54)29-34(50(7,8)9)30-43(45)55(46-37-16-14-15-17-44(37)56-47(46)53)36-23-24-38-39(31-36)52(12,13)27-26-51(38,10)11/h14-25,28-31H,26-27H2,1-13H3/i14D,15D,16D,17D,18D,19D,20D,21D,22D,25D,28D. The summed E-state index contributed by atoms with van der Waals surface area (Å²) >= 11 is 1.25. The molecule has 0 radical (unpaired) electrons. The van der Waals surface area contributed by atoms with Crippen molar-refractivity contribution in [2.75, 3.05) is 9.80 Å². The van der Waals surface area contributed by atoms with E-state index >= 15 is 0 Å². The number of thiophene rings is 1. The maximum atomic E-state index is 10.3. The lowest BCUT2D eigenvalue weighted by atomic mass is 9.36. The van der Waals surface area contributed by atoms with Crippen LogP contribution in [-0.4, -0.2) is 6.71 Å². The van der Waals surface area contributed by atoms with E-state index in [1.807, 2.05) is 47.6 Å². The molecule has 1 aliphatic carbocycles. The van der Waals surface area contributed by atoms with Gasteiger partial charge in [-0.1, -0.05) is 138 Å². The lowest BCUT2D eigenvalue weighted by Crippen LogP contribution is -2.60. The zero-order valence-electron chi connectivity index (χ0n) is 46.2. The predicted octanol–water partition coefficient (Wildman–Crippen LogP) is 13.2. The van der Waals surface area contributed by atoms with Crippen molar-refractivity contribution in [3.8, 4) is 0 Å². The van der Waals surface area contributed by atoms with Crippen molar-refractivity contribution in [1.29, 1.82) is 0 Å². The Morgan fingerprint density at radius 1 is 0.607 bits per heavy atom. The molecule has 0 saturated heterocycles. The molecule has 0 unspecified atom stereocenters. The number of hydrogen-bond donors (Lipinski definition) is 0. The molecule has 0 bridgehead atoms. The molecule has 286 valence electrons. The number of nitrogens with zero attached hydrogens (tertiary/aromatic N) is 2. The third-order valence-electron chi connectivity index (χ3n) is 12.4. The molecule has 4 heteroatoms. The van der Waals surface area contributed by atoms with Crippen molar-refractivity contribution in [3.05, 3.63) is 125 Å². The molecule has 0 fully saturated rings. The van der Waals surface area contributed by atoms with Gasteiger partial charge in [-0.2, -0.15) is 0 Å². The summed E-state index contributed by atoms with van der Waals surface area (Å²) in [5.41, 5.74) is 5.07. The lowest BCUT2D eigenvalue weighted by molar-refractivity contribution is 0.332. The highest BCUT2D eigenvalue weighted by Crippen LogP contribution is 2.52. The number of anilines is 6. The van der Waals surface area contributed by atoms with Gasteiger partial charge in [-0.05, 0) is 127 Å². The molecular weight excluding hydrogens is 695 g/mol. The molecule has 3 aliphatic rings. The van der Waals surface area contributed by atoms with Gasteiger partial charge in [0.25, 0.3) is 6.71 Å². The monoisotopic (exact) mass is 766 g/mol. The molecule has 56 heavy (non-hydrogen) atoms. The van der Waals surface area contributed by atoms with Gasteiger partial charge in [-0.3, -0.25) is 0 Å². The number of benzene rings is 5. The van der Waals surface area contributed by atoms with Crippen molar-refractivity contribution in [1.82, 2.24) is 0 Å². The maximum Gasteiger partial charge on any atom is 0.264 e. The Morgan fingerprint density at radius 2 is 1.20 bits per heavy atom. The summed E-state index contributed by atoms with van der Waals surface area (Å²) in [6.07, 6.45) is 1.98. The molecule has 3 heterocycles. The van der Waals surface area contributed by atoms with E-state index < -0.39 is 23.0 Å². The van der Waals surface area contributed by atoms with E-state index in [4.69, 9.17) is 2.74 Å². The fraction of sp³-hybridized carbons (Fsp3) is 0.385. The fourth-order valence-corrected chi connectivity index (χ4v) is 10.0. The highest BCUT2D eigenvalue weighted by atomic mass is 32.1. The first-order valence-corrected chi connectivity index (χ1v) is 20.8. The summed E-state index contributed by atoms with van der Waals surface area (Å²) in [4.78, 5) is 3.75. The summed E-state index contributed by atoms with van der Waals surface area (Å²) < 4.78 is 106. The second-order valence-electron chi connectivity index (χ2n) is 20.5.